The first-order valence-corrected chi connectivity index (χ1v) is 6.37. The van der Waals surface area contributed by atoms with Crippen molar-refractivity contribution in [3.05, 3.63) is 36.8 Å². The van der Waals surface area contributed by atoms with E-state index in [1.165, 1.54) is 6.33 Å². The van der Waals surface area contributed by atoms with E-state index in [9.17, 15) is 0 Å². The zero-order chi connectivity index (χ0) is 14.4. The Kier molecular flexibility index (Phi) is 2.21. The molecule has 6 nitrogen and oxygen atoms in total. The van der Waals surface area contributed by atoms with Crippen LogP contribution in [0.3, 0.4) is 0 Å². The second-order valence-corrected chi connectivity index (χ2v) is 4.79. The summed E-state index contributed by atoms with van der Waals surface area (Å²) in [5, 5.41) is 5.31. The molecule has 3 heterocycles. The molecule has 0 amide bonds. The van der Waals surface area contributed by atoms with Gasteiger partial charge in [0.15, 0.2) is 5.65 Å². The fourth-order valence-electron chi connectivity index (χ4n) is 2.29. The maximum atomic E-state index is 8.07. The molecule has 1 fully saturated rings. The highest BCUT2D eigenvalue weighted by molar-refractivity contribution is 5.90. The van der Waals surface area contributed by atoms with Crippen LogP contribution in [0.4, 0.5) is 5.69 Å². The molecule has 20 heavy (non-hydrogen) atoms. The Morgan fingerprint density at radius 1 is 1.30 bits per heavy atom. The fourth-order valence-corrected chi connectivity index (χ4v) is 2.29. The van der Waals surface area contributed by atoms with Crippen molar-refractivity contribution in [2.45, 2.75) is 6.04 Å². The van der Waals surface area contributed by atoms with Gasteiger partial charge in [-0.2, -0.15) is 5.10 Å². The normalized spacial score (nSPS) is 16.1. The zero-order valence-electron chi connectivity index (χ0n) is 11.7. The summed E-state index contributed by atoms with van der Waals surface area (Å²) in [6, 6.07) is 7.60. The van der Waals surface area contributed by atoms with E-state index in [-0.39, 0.29) is 12.2 Å². The molecule has 1 aliphatic heterocycles. The number of rotatable bonds is 2. The Hall–Kier alpha value is -2.47. The number of hydrogen-bond acceptors (Lipinski definition) is 5. The number of nitrogens with zero attached hydrogens (tertiary/aromatic N) is 4. The van der Waals surface area contributed by atoms with E-state index in [2.05, 4.69) is 15.1 Å². The lowest BCUT2D eigenvalue weighted by Gasteiger charge is -2.26. The van der Waals surface area contributed by atoms with E-state index >= 15 is 0 Å². The number of ether oxygens (including phenoxy) is 1. The van der Waals surface area contributed by atoms with Crippen LogP contribution in [0.5, 0.6) is 0 Å². The van der Waals surface area contributed by atoms with Gasteiger partial charge in [0.1, 0.15) is 18.1 Å². The number of fused-ring (bicyclic) bond motifs is 1. The van der Waals surface area contributed by atoms with Gasteiger partial charge in [-0.05, 0) is 12.1 Å². The maximum Gasteiger partial charge on any atom is 0.162 e. The first kappa shape index (κ1) is 10.3. The van der Waals surface area contributed by atoms with Gasteiger partial charge in [0, 0.05) is 17.4 Å². The van der Waals surface area contributed by atoms with Gasteiger partial charge >= 0.3 is 0 Å². The van der Waals surface area contributed by atoms with Crippen LogP contribution in [-0.4, -0.2) is 33.0 Å². The highest BCUT2D eigenvalue weighted by Gasteiger charge is 2.25. The minimum Gasteiger partial charge on any atom is -0.399 e. The molecule has 4 rings (SSSR count). The Morgan fingerprint density at radius 3 is 2.80 bits per heavy atom. The third-order valence-corrected chi connectivity index (χ3v) is 3.45. The van der Waals surface area contributed by atoms with Crippen molar-refractivity contribution in [1.82, 2.24) is 19.7 Å². The van der Waals surface area contributed by atoms with Crippen LogP contribution in [-0.2, 0) is 4.74 Å². The summed E-state index contributed by atoms with van der Waals surface area (Å²) < 4.78 is 15.1. The third kappa shape index (κ3) is 1.65. The van der Waals surface area contributed by atoms with Crippen LogP contribution >= 0.6 is 0 Å². The highest BCUT2D eigenvalue weighted by Crippen LogP contribution is 2.30. The summed E-state index contributed by atoms with van der Waals surface area (Å²) in [6.45, 7) is 1.24. The molecule has 2 N–H and O–H groups in total. The molecule has 6 heteroatoms. The van der Waals surface area contributed by atoms with Gasteiger partial charge in [0.25, 0.3) is 0 Å². The highest BCUT2D eigenvalue weighted by atomic mass is 16.5. The van der Waals surface area contributed by atoms with Crippen LogP contribution < -0.4 is 5.73 Å². The lowest BCUT2D eigenvalue weighted by Crippen LogP contribution is -2.31. The summed E-state index contributed by atoms with van der Waals surface area (Å²) in [5.41, 5.74) is 8.71. The monoisotopic (exact) mass is 268 g/mol. The van der Waals surface area contributed by atoms with Crippen LogP contribution in [0.25, 0.3) is 22.3 Å². The fraction of sp³-hybridized carbons (Fsp3) is 0.214. The van der Waals surface area contributed by atoms with Gasteiger partial charge in [-0.3, -0.25) is 0 Å². The van der Waals surface area contributed by atoms with Crippen LogP contribution in [0.15, 0.2) is 36.8 Å². The van der Waals surface area contributed by atoms with Crippen molar-refractivity contribution >= 4 is 16.7 Å². The van der Waals surface area contributed by atoms with E-state index in [0.29, 0.717) is 35.6 Å². The topological polar surface area (TPSA) is 78.9 Å². The number of aromatic nitrogens is 4. The van der Waals surface area contributed by atoms with Gasteiger partial charge in [0.05, 0.1) is 20.0 Å². The van der Waals surface area contributed by atoms with Gasteiger partial charge in [-0.15, -0.1) is 0 Å². The van der Waals surface area contributed by atoms with Crippen LogP contribution in [0, 0.1) is 0 Å². The summed E-state index contributed by atoms with van der Waals surface area (Å²) in [4.78, 5) is 8.27. The average Bonchev–Trinajstić information content (AvgIpc) is 2.79. The molecule has 1 aromatic carbocycles. The van der Waals surface area contributed by atoms with Crippen molar-refractivity contribution in [1.29, 1.82) is 0 Å². The maximum absolute atomic E-state index is 8.07. The number of benzene rings is 1. The quantitative estimate of drug-likeness (QED) is 0.715. The second kappa shape index (κ2) is 4.28. The molecule has 0 spiro atoms. The second-order valence-electron chi connectivity index (χ2n) is 4.79. The van der Waals surface area contributed by atoms with Crippen molar-refractivity contribution in [3.8, 4) is 11.3 Å². The van der Waals surface area contributed by atoms with E-state index in [0.717, 1.165) is 5.56 Å². The number of nitrogen functional groups attached to an aromatic ring is 1. The summed E-state index contributed by atoms with van der Waals surface area (Å²) >= 11 is 0. The van der Waals surface area contributed by atoms with Crippen LogP contribution in [0.1, 0.15) is 7.41 Å². The number of nitrogens with two attached hydrogens (primary N) is 1. The molecule has 0 aliphatic carbocycles. The zero-order valence-corrected chi connectivity index (χ0v) is 10.7. The Bertz CT molecular complexity index is 810. The van der Waals surface area contributed by atoms with Crippen molar-refractivity contribution in [2.24, 2.45) is 0 Å². The SMILES string of the molecule is [2H]c1ncnc2c1c(-c1ccc(N)cc1)nn2C1COC1. The van der Waals surface area contributed by atoms with E-state index in [1.54, 1.807) is 0 Å². The Balaban J connectivity index is 1.97. The first-order chi connectivity index (χ1) is 10.2. The van der Waals surface area contributed by atoms with Gasteiger partial charge in [-0.1, -0.05) is 12.1 Å². The molecule has 2 aromatic heterocycles. The first-order valence-electron chi connectivity index (χ1n) is 6.87. The smallest absolute Gasteiger partial charge is 0.162 e. The largest absolute Gasteiger partial charge is 0.399 e. The molecule has 3 aromatic rings. The molecule has 0 bridgehead atoms. The molecule has 1 saturated heterocycles. The van der Waals surface area contributed by atoms with Crippen LogP contribution in [0.2, 0.25) is 0 Å². The number of anilines is 1. The van der Waals surface area contributed by atoms with E-state index in [4.69, 9.17) is 11.8 Å². The van der Waals surface area contributed by atoms with Gasteiger partial charge in [0.2, 0.25) is 0 Å². The van der Waals surface area contributed by atoms with Crippen molar-refractivity contribution < 1.29 is 6.11 Å². The van der Waals surface area contributed by atoms with Crippen molar-refractivity contribution in [3.63, 3.8) is 0 Å². The molecular formula is C14H13N5O. The Labute approximate surface area is 116 Å². The van der Waals surface area contributed by atoms with E-state index in [1.807, 2.05) is 28.9 Å². The molecule has 0 unspecified atom stereocenters. The summed E-state index contributed by atoms with van der Waals surface area (Å²) in [5.74, 6) is 0. The molecule has 100 valence electrons. The summed E-state index contributed by atoms with van der Waals surface area (Å²) in [6.07, 6.45) is 1.58. The standard InChI is InChI=1S/C14H13N5O/c15-10-3-1-9(2-4-10)13-12-5-16-8-17-14(12)19(18-13)11-6-20-7-11/h1-5,8,11H,6-7,15H2/i5D. The average molecular weight is 268 g/mol. The lowest BCUT2D eigenvalue weighted by atomic mass is 10.1. The molecular weight excluding hydrogens is 254 g/mol. The number of hydrogen-bond donors (Lipinski definition) is 1. The molecule has 1 aliphatic rings. The predicted octanol–water partition coefficient (Wildman–Crippen LogP) is 1.65. The summed E-state index contributed by atoms with van der Waals surface area (Å²) in [7, 11) is 0. The van der Waals surface area contributed by atoms with Gasteiger partial charge < -0.3 is 10.5 Å². The van der Waals surface area contributed by atoms with E-state index < -0.39 is 0 Å². The molecule has 0 saturated carbocycles. The predicted molar refractivity (Wildman–Crippen MR) is 75.0 cm³/mol. The van der Waals surface area contributed by atoms with Gasteiger partial charge in [-0.25, -0.2) is 14.6 Å². The lowest BCUT2D eigenvalue weighted by molar-refractivity contribution is -0.0268. The molecule has 0 radical (unpaired) electrons. The molecule has 0 atom stereocenters. The third-order valence-electron chi connectivity index (χ3n) is 3.45. The van der Waals surface area contributed by atoms with Crippen molar-refractivity contribution in [2.75, 3.05) is 18.9 Å². The Morgan fingerprint density at radius 2 is 2.10 bits per heavy atom. The minimum atomic E-state index is 0.171. The minimum absolute atomic E-state index is 0.171.